The Morgan fingerprint density at radius 3 is 2.87 bits per heavy atom. The lowest BCUT2D eigenvalue weighted by atomic mass is 10.0. The van der Waals surface area contributed by atoms with Crippen LogP contribution in [-0.4, -0.2) is 19.4 Å². The largest absolute Gasteiger partial charge is 0.370 e. The van der Waals surface area contributed by atoms with E-state index in [4.69, 9.17) is 0 Å². The summed E-state index contributed by atoms with van der Waals surface area (Å²) in [6, 6.07) is 8.23. The first kappa shape index (κ1) is 10.2. The summed E-state index contributed by atoms with van der Waals surface area (Å²) >= 11 is 0. The molecule has 0 bridgehead atoms. The van der Waals surface area contributed by atoms with Crippen LogP contribution in [0.5, 0.6) is 0 Å². The van der Waals surface area contributed by atoms with Gasteiger partial charge in [0.05, 0.1) is 5.92 Å². The van der Waals surface area contributed by atoms with Gasteiger partial charge in [0.25, 0.3) is 0 Å². The third kappa shape index (κ3) is 1.89. The average Bonchev–Trinajstić information content (AvgIpc) is 2.56. The maximum absolute atomic E-state index is 11.0. The fraction of sp³-hybridized carbons (Fsp3) is 0.462. The molecule has 80 valence electrons. The molecular formula is C13H17NO. The van der Waals surface area contributed by atoms with E-state index in [0.29, 0.717) is 5.92 Å². The summed E-state index contributed by atoms with van der Waals surface area (Å²) in [6.45, 7) is 6.29. The molecule has 1 heterocycles. The molecule has 0 fully saturated rings. The fourth-order valence-corrected chi connectivity index (χ4v) is 2.25. The van der Waals surface area contributed by atoms with Crippen molar-refractivity contribution in [2.24, 2.45) is 5.92 Å². The lowest BCUT2D eigenvalue weighted by molar-refractivity contribution is -0.108. The lowest BCUT2D eigenvalue weighted by Crippen LogP contribution is -2.26. The van der Waals surface area contributed by atoms with Crippen LogP contribution in [0.1, 0.15) is 25.3 Å². The summed E-state index contributed by atoms with van der Waals surface area (Å²) in [7, 11) is 0. The molecule has 0 spiro atoms. The maximum atomic E-state index is 11.0. The van der Waals surface area contributed by atoms with Gasteiger partial charge in [-0.05, 0) is 17.5 Å². The van der Waals surface area contributed by atoms with Crippen LogP contribution in [0.4, 0.5) is 5.69 Å². The molecule has 2 rings (SSSR count). The van der Waals surface area contributed by atoms with Crippen LogP contribution in [0, 0.1) is 5.92 Å². The van der Waals surface area contributed by atoms with Crippen LogP contribution in [-0.2, 0) is 4.79 Å². The van der Waals surface area contributed by atoms with Gasteiger partial charge in [0.1, 0.15) is 6.29 Å². The van der Waals surface area contributed by atoms with Crippen LogP contribution < -0.4 is 4.90 Å². The molecule has 0 unspecified atom stereocenters. The number of nitrogens with zero attached hydrogens (tertiary/aromatic N) is 1. The van der Waals surface area contributed by atoms with E-state index in [9.17, 15) is 4.79 Å². The van der Waals surface area contributed by atoms with Crippen molar-refractivity contribution >= 4 is 12.0 Å². The van der Waals surface area contributed by atoms with Gasteiger partial charge in [-0.15, -0.1) is 0 Å². The molecule has 0 saturated heterocycles. The Hall–Kier alpha value is -1.31. The highest BCUT2D eigenvalue weighted by Gasteiger charge is 2.27. The molecule has 2 heteroatoms. The van der Waals surface area contributed by atoms with Gasteiger partial charge in [-0.25, -0.2) is 0 Å². The Morgan fingerprint density at radius 1 is 1.47 bits per heavy atom. The Kier molecular flexibility index (Phi) is 2.76. The minimum Gasteiger partial charge on any atom is -0.370 e. The SMILES string of the molecule is CC(C)CN1C[C@@H](C=O)c2ccccc21. The summed E-state index contributed by atoms with van der Waals surface area (Å²) in [6.07, 6.45) is 1.07. The molecule has 0 saturated carbocycles. The molecule has 0 N–H and O–H groups in total. The number of aldehydes is 1. The number of carbonyl (C=O) groups is 1. The third-order valence-electron chi connectivity index (χ3n) is 2.84. The highest BCUT2D eigenvalue weighted by molar-refractivity contribution is 5.74. The van der Waals surface area contributed by atoms with Gasteiger partial charge in [-0.2, -0.15) is 0 Å². The quantitative estimate of drug-likeness (QED) is 0.703. The fourth-order valence-electron chi connectivity index (χ4n) is 2.25. The zero-order valence-electron chi connectivity index (χ0n) is 9.31. The van der Waals surface area contributed by atoms with E-state index < -0.39 is 0 Å². The number of fused-ring (bicyclic) bond motifs is 1. The van der Waals surface area contributed by atoms with Crippen molar-refractivity contribution in [2.45, 2.75) is 19.8 Å². The van der Waals surface area contributed by atoms with E-state index in [0.717, 1.165) is 19.4 Å². The average molecular weight is 203 g/mol. The van der Waals surface area contributed by atoms with Gasteiger partial charge >= 0.3 is 0 Å². The van der Waals surface area contributed by atoms with E-state index in [1.54, 1.807) is 0 Å². The van der Waals surface area contributed by atoms with Crippen LogP contribution in [0.2, 0.25) is 0 Å². The summed E-state index contributed by atoms with van der Waals surface area (Å²) in [5.41, 5.74) is 2.43. The first-order chi connectivity index (χ1) is 7.22. The molecule has 1 aromatic carbocycles. The maximum Gasteiger partial charge on any atom is 0.129 e. The van der Waals surface area contributed by atoms with E-state index in [2.05, 4.69) is 30.9 Å². The molecular weight excluding hydrogens is 186 g/mol. The summed E-state index contributed by atoms with van der Waals surface area (Å²) in [5, 5.41) is 0. The van der Waals surface area contributed by atoms with Gasteiger partial charge in [0.2, 0.25) is 0 Å². The number of hydrogen-bond donors (Lipinski definition) is 0. The molecule has 0 amide bonds. The molecule has 1 aliphatic rings. The Morgan fingerprint density at radius 2 is 2.20 bits per heavy atom. The Balaban J connectivity index is 2.29. The molecule has 1 atom stereocenters. The van der Waals surface area contributed by atoms with E-state index in [-0.39, 0.29) is 5.92 Å². The smallest absolute Gasteiger partial charge is 0.129 e. The number of hydrogen-bond acceptors (Lipinski definition) is 2. The van der Waals surface area contributed by atoms with Crippen molar-refractivity contribution in [3.05, 3.63) is 29.8 Å². The zero-order valence-corrected chi connectivity index (χ0v) is 9.31. The molecule has 15 heavy (non-hydrogen) atoms. The molecule has 1 aliphatic heterocycles. The molecule has 0 radical (unpaired) electrons. The highest BCUT2D eigenvalue weighted by Crippen LogP contribution is 2.35. The van der Waals surface area contributed by atoms with Gasteiger partial charge < -0.3 is 9.69 Å². The topological polar surface area (TPSA) is 20.3 Å². The third-order valence-corrected chi connectivity index (χ3v) is 2.84. The van der Waals surface area contributed by atoms with Gasteiger partial charge in [0.15, 0.2) is 0 Å². The van der Waals surface area contributed by atoms with Crippen LogP contribution in [0.15, 0.2) is 24.3 Å². The second-order valence-corrected chi connectivity index (χ2v) is 4.60. The molecule has 1 aromatic rings. The standard InChI is InChI=1S/C13H17NO/c1-10(2)7-14-8-11(9-15)12-5-3-4-6-13(12)14/h3-6,9-11H,7-8H2,1-2H3/t11-/m0/s1. The number of anilines is 1. The number of benzene rings is 1. The molecule has 0 aliphatic carbocycles. The Labute approximate surface area is 90.9 Å². The number of para-hydroxylation sites is 1. The Bertz CT molecular complexity index is 359. The van der Waals surface area contributed by atoms with Crippen LogP contribution in [0.3, 0.4) is 0 Å². The van der Waals surface area contributed by atoms with Crippen molar-refractivity contribution in [1.29, 1.82) is 0 Å². The van der Waals surface area contributed by atoms with Crippen molar-refractivity contribution in [3.8, 4) is 0 Å². The van der Waals surface area contributed by atoms with E-state index in [1.807, 2.05) is 12.1 Å². The molecule has 0 aromatic heterocycles. The number of rotatable bonds is 3. The van der Waals surface area contributed by atoms with E-state index >= 15 is 0 Å². The van der Waals surface area contributed by atoms with Crippen LogP contribution >= 0.6 is 0 Å². The predicted molar refractivity (Wildman–Crippen MR) is 62.3 cm³/mol. The summed E-state index contributed by atoms with van der Waals surface area (Å²) in [5.74, 6) is 0.698. The second-order valence-electron chi connectivity index (χ2n) is 4.60. The van der Waals surface area contributed by atoms with Gasteiger partial charge in [0, 0.05) is 18.8 Å². The monoisotopic (exact) mass is 203 g/mol. The molecule has 2 nitrogen and oxygen atoms in total. The van der Waals surface area contributed by atoms with Crippen molar-refractivity contribution in [2.75, 3.05) is 18.0 Å². The van der Waals surface area contributed by atoms with Crippen molar-refractivity contribution in [3.63, 3.8) is 0 Å². The first-order valence-corrected chi connectivity index (χ1v) is 5.51. The van der Waals surface area contributed by atoms with Crippen molar-refractivity contribution < 1.29 is 4.79 Å². The zero-order chi connectivity index (χ0) is 10.8. The van der Waals surface area contributed by atoms with Crippen LogP contribution in [0.25, 0.3) is 0 Å². The minimum absolute atomic E-state index is 0.0694. The normalized spacial score (nSPS) is 19.4. The number of carbonyl (C=O) groups excluding carboxylic acids is 1. The van der Waals surface area contributed by atoms with Gasteiger partial charge in [-0.3, -0.25) is 0 Å². The summed E-state index contributed by atoms with van der Waals surface area (Å²) in [4.78, 5) is 13.3. The van der Waals surface area contributed by atoms with Crippen molar-refractivity contribution in [1.82, 2.24) is 0 Å². The lowest BCUT2D eigenvalue weighted by Gasteiger charge is -2.21. The summed E-state index contributed by atoms with van der Waals surface area (Å²) < 4.78 is 0. The minimum atomic E-state index is 0.0694. The van der Waals surface area contributed by atoms with Gasteiger partial charge in [-0.1, -0.05) is 32.0 Å². The van der Waals surface area contributed by atoms with E-state index in [1.165, 1.54) is 11.3 Å². The predicted octanol–water partition coefficient (Wildman–Crippen LogP) is 2.45. The second kappa shape index (κ2) is 4.05. The first-order valence-electron chi connectivity index (χ1n) is 5.51. The highest BCUT2D eigenvalue weighted by atomic mass is 16.1.